The Balaban J connectivity index is 3.44. The monoisotopic (exact) mass is 339 g/mol. The Bertz CT molecular complexity index is 298. The molecule has 0 fully saturated rings. The van der Waals surface area contributed by atoms with Crippen molar-refractivity contribution in [3.8, 4) is 0 Å². The van der Waals surface area contributed by atoms with Gasteiger partial charge in [0.05, 0.1) is 12.7 Å². The van der Waals surface area contributed by atoms with Gasteiger partial charge in [0, 0.05) is 13.1 Å². The van der Waals surface area contributed by atoms with Gasteiger partial charge in [-0.25, -0.2) is 4.57 Å². The van der Waals surface area contributed by atoms with Crippen LogP contribution in [0, 0.1) is 0 Å². The average molecular weight is 339 g/mol. The molecule has 1 atom stereocenters. The highest BCUT2D eigenvalue weighted by Gasteiger charge is 2.14. The number of aliphatic hydroxyl groups is 1. The van der Waals surface area contributed by atoms with Crippen molar-refractivity contribution in [1.82, 2.24) is 4.90 Å². The molecular weight excluding hydrogens is 305 g/mol. The Morgan fingerprint density at radius 2 is 1.59 bits per heavy atom. The van der Waals surface area contributed by atoms with Gasteiger partial charge >= 0.3 is 7.82 Å². The number of hydrogen-bond donors (Lipinski definition) is 3. The van der Waals surface area contributed by atoms with Gasteiger partial charge in [0.25, 0.3) is 0 Å². The van der Waals surface area contributed by atoms with Crippen LogP contribution >= 0.6 is 7.82 Å². The molecule has 0 saturated heterocycles. The highest BCUT2D eigenvalue weighted by Crippen LogP contribution is 2.35. The summed E-state index contributed by atoms with van der Waals surface area (Å²) in [6, 6.07) is 0. The van der Waals surface area contributed by atoms with Crippen LogP contribution in [0.2, 0.25) is 0 Å². The van der Waals surface area contributed by atoms with Crippen molar-refractivity contribution >= 4 is 7.82 Å². The van der Waals surface area contributed by atoms with Crippen LogP contribution in [0.5, 0.6) is 0 Å². The molecule has 22 heavy (non-hydrogen) atoms. The average Bonchev–Trinajstić information content (AvgIpc) is 2.40. The molecule has 1 unspecified atom stereocenters. The molecule has 0 radical (unpaired) electrons. The molecule has 0 aromatic carbocycles. The molecule has 0 heterocycles. The third kappa shape index (κ3) is 16.4. The molecule has 0 aliphatic heterocycles. The summed E-state index contributed by atoms with van der Waals surface area (Å²) in [5.41, 5.74) is 0. The minimum atomic E-state index is -4.38. The summed E-state index contributed by atoms with van der Waals surface area (Å²) < 4.78 is 14.9. The Labute approximate surface area is 135 Å². The second kappa shape index (κ2) is 13.5. The van der Waals surface area contributed by atoms with Crippen LogP contribution in [0.4, 0.5) is 0 Å². The number of rotatable bonds is 15. The molecule has 0 bridgehead atoms. The molecule has 0 aliphatic carbocycles. The van der Waals surface area contributed by atoms with Crippen LogP contribution in [0.1, 0.15) is 64.7 Å². The molecule has 0 spiro atoms. The van der Waals surface area contributed by atoms with Crippen LogP contribution in [0.25, 0.3) is 0 Å². The molecule has 0 aromatic heterocycles. The first kappa shape index (κ1) is 22.0. The highest BCUT2D eigenvalue weighted by atomic mass is 31.2. The summed E-state index contributed by atoms with van der Waals surface area (Å²) in [6.07, 6.45) is 10.4. The lowest BCUT2D eigenvalue weighted by Crippen LogP contribution is -2.31. The molecule has 0 saturated carbocycles. The summed E-state index contributed by atoms with van der Waals surface area (Å²) in [5, 5.41) is 9.92. The maximum Gasteiger partial charge on any atom is 0.469 e. The Hall–Kier alpha value is 0.0300. The molecule has 7 heteroatoms. The maximum atomic E-state index is 10.5. The first-order valence-corrected chi connectivity index (χ1v) is 9.95. The van der Waals surface area contributed by atoms with Crippen LogP contribution in [0.3, 0.4) is 0 Å². The van der Waals surface area contributed by atoms with Crippen molar-refractivity contribution in [3.05, 3.63) is 0 Å². The Morgan fingerprint density at radius 1 is 1.05 bits per heavy atom. The summed E-state index contributed by atoms with van der Waals surface area (Å²) in [6.45, 7) is 3.07. The number of phosphoric acid groups is 1. The van der Waals surface area contributed by atoms with E-state index in [1.54, 1.807) is 7.05 Å². The standard InChI is InChI=1S/C15H34NO5P/c1-3-4-5-6-7-8-9-10-11-15(17)14-16(2)12-13-21-22(18,19)20/h15,17H,3-14H2,1-2H3,(H2,18,19,20). The zero-order valence-corrected chi connectivity index (χ0v) is 15.0. The molecule has 134 valence electrons. The van der Waals surface area contributed by atoms with E-state index >= 15 is 0 Å². The van der Waals surface area contributed by atoms with Crippen LogP contribution < -0.4 is 0 Å². The third-order valence-electron chi connectivity index (χ3n) is 3.65. The predicted octanol–water partition coefficient (Wildman–Crippen LogP) is 2.92. The molecular formula is C15H34NO5P. The van der Waals surface area contributed by atoms with E-state index in [1.165, 1.54) is 38.5 Å². The van der Waals surface area contributed by atoms with E-state index in [0.29, 0.717) is 13.1 Å². The van der Waals surface area contributed by atoms with E-state index in [2.05, 4.69) is 11.4 Å². The van der Waals surface area contributed by atoms with Crippen molar-refractivity contribution in [2.24, 2.45) is 0 Å². The fraction of sp³-hybridized carbons (Fsp3) is 1.00. The van der Waals surface area contributed by atoms with E-state index in [9.17, 15) is 9.67 Å². The van der Waals surface area contributed by atoms with Crippen LogP contribution in [-0.2, 0) is 9.09 Å². The fourth-order valence-electron chi connectivity index (χ4n) is 2.37. The second-order valence-corrected chi connectivity index (χ2v) is 7.24. The Kier molecular flexibility index (Phi) is 13.5. The number of likely N-dealkylation sites (N-methyl/N-ethyl adjacent to an activating group) is 1. The maximum absolute atomic E-state index is 10.5. The van der Waals surface area contributed by atoms with E-state index in [0.717, 1.165) is 19.3 Å². The van der Waals surface area contributed by atoms with Crippen molar-refractivity contribution < 1.29 is 24.0 Å². The van der Waals surface area contributed by atoms with Gasteiger partial charge in [0.1, 0.15) is 0 Å². The summed E-state index contributed by atoms with van der Waals surface area (Å²) in [7, 11) is -2.58. The molecule has 3 N–H and O–H groups in total. The van der Waals surface area contributed by atoms with Crippen molar-refractivity contribution in [2.45, 2.75) is 70.8 Å². The molecule has 0 aromatic rings. The summed E-state index contributed by atoms with van der Waals surface area (Å²) >= 11 is 0. The first-order valence-electron chi connectivity index (χ1n) is 8.42. The number of aliphatic hydroxyl groups excluding tert-OH is 1. The van der Waals surface area contributed by atoms with Gasteiger partial charge in [-0.3, -0.25) is 4.52 Å². The summed E-state index contributed by atoms with van der Waals surface area (Å²) in [4.78, 5) is 19.0. The van der Waals surface area contributed by atoms with Gasteiger partial charge in [-0.1, -0.05) is 58.3 Å². The topological polar surface area (TPSA) is 90.2 Å². The quantitative estimate of drug-likeness (QED) is 0.314. The SMILES string of the molecule is CCCCCCCCCCC(O)CN(C)CCOP(=O)(O)O. The molecule has 0 rings (SSSR count). The van der Waals surface area contributed by atoms with Gasteiger partial charge in [0.15, 0.2) is 0 Å². The molecule has 0 amide bonds. The lowest BCUT2D eigenvalue weighted by Gasteiger charge is -2.20. The van der Waals surface area contributed by atoms with E-state index in [-0.39, 0.29) is 12.7 Å². The fourth-order valence-corrected chi connectivity index (χ4v) is 2.69. The highest BCUT2D eigenvalue weighted by molar-refractivity contribution is 7.46. The van der Waals surface area contributed by atoms with Crippen molar-refractivity contribution in [3.63, 3.8) is 0 Å². The first-order chi connectivity index (χ1) is 10.3. The zero-order chi connectivity index (χ0) is 16.8. The van der Waals surface area contributed by atoms with Gasteiger partial charge in [-0.2, -0.15) is 0 Å². The van der Waals surface area contributed by atoms with Crippen molar-refractivity contribution in [1.29, 1.82) is 0 Å². The van der Waals surface area contributed by atoms with E-state index < -0.39 is 7.82 Å². The minimum Gasteiger partial charge on any atom is -0.392 e. The Morgan fingerprint density at radius 3 is 2.14 bits per heavy atom. The van der Waals surface area contributed by atoms with E-state index in [1.807, 2.05) is 4.90 Å². The number of phosphoric ester groups is 1. The molecule has 0 aliphatic rings. The van der Waals surface area contributed by atoms with Crippen LogP contribution in [-0.4, -0.2) is 52.6 Å². The number of nitrogens with zero attached hydrogens (tertiary/aromatic N) is 1. The zero-order valence-electron chi connectivity index (χ0n) is 14.1. The summed E-state index contributed by atoms with van der Waals surface area (Å²) in [5.74, 6) is 0. The number of unbranched alkanes of at least 4 members (excludes halogenated alkanes) is 7. The largest absolute Gasteiger partial charge is 0.469 e. The normalized spacial score (nSPS) is 13.7. The number of hydrogen-bond acceptors (Lipinski definition) is 4. The van der Waals surface area contributed by atoms with Gasteiger partial charge in [-0.15, -0.1) is 0 Å². The van der Waals surface area contributed by atoms with Gasteiger partial charge in [-0.05, 0) is 13.5 Å². The van der Waals surface area contributed by atoms with Crippen molar-refractivity contribution in [2.75, 3.05) is 26.7 Å². The minimum absolute atomic E-state index is 0.0365. The third-order valence-corrected chi connectivity index (χ3v) is 4.16. The van der Waals surface area contributed by atoms with E-state index in [4.69, 9.17) is 9.79 Å². The molecule has 6 nitrogen and oxygen atoms in total. The second-order valence-electron chi connectivity index (χ2n) is 6.00. The van der Waals surface area contributed by atoms with Gasteiger partial charge in [0.2, 0.25) is 0 Å². The lowest BCUT2D eigenvalue weighted by molar-refractivity contribution is 0.102. The lowest BCUT2D eigenvalue weighted by atomic mass is 10.1. The smallest absolute Gasteiger partial charge is 0.392 e. The predicted molar refractivity (Wildman–Crippen MR) is 88.7 cm³/mol. The van der Waals surface area contributed by atoms with Gasteiger partial charge < -0.3 is 19.8 Å². The van der Waals surface area contributed by atoms with Crippen LogP contribution in [0.15, 0.2) is 0 Å².